The summed E-state index contributed by atoms with van der Waals surface area (Å²) in [5, 5.41) is 14.6. The number of aryl methyl sites for hydroxylation is 1. The topological polar surface area (TPSA) is 83.3 Å². The van der Waals surface area contributed by atoms with Crippen molar-refractivity contribution in [2.75, 3.05) is 32.1 Å². The number of rotatable bonds is 8. The van der Waals surface area contributed by atoms with E-state index in [4.69, 9.17) is 0 Å². The summed E-state index contributed by atoms with van der Waals surface area (Å²) < 4.78 is 2.05. The number of hydrogen-bond acceptors (Lipinski definition) is 5. The molecular weight excluding hydrogens is 443 g/mol. The largest absolute Gasteiger partial charge is 0.363 e. The lowest BCUT2D eigenvalue weighted by molar-refractivity contribution is 0.632. The Morgan fingerprint density at radius 1 is 1.23 bits per heavy atom. The van der Waals surface area contributed by atoms with E-state index in [9.17, 15) is 0 Å². The second kappa shape index (κ2) is 11.7. The van der Waals surface area contributed by atoms with Gasteiger partial charge >= 0.3 is 0 Å². The minimum Gasteiger partial charge on any atom is -0.363 e. The molecule has 8 nitrogen and oxygen atoms in total. The fraction of sp³-hybridized carbons (Fsp3) is 0.529. The molecule has 2 N–H and O–H groups in total. The van der Waals surface area contributed by atoms with Gasteiger partial charge in [-0.05, 0) is 19.1 Å². The Hall–Kier alpha value is -1.91. The lowest BCUT2D eigenvalue weighted by Crippen LogP contribution is -2.39. The molecule has 2 aromatic heterocycles. The highest BCUT2D eigenvalue weighted by Crippen LogP contribution is 2.08. The summed E-state index contributed by atoms with van der Waals surface area (Å²) in [4.78, 5) is 11.2. The predicted octanol–water partition coefficient (Wildman–Crippen LogP) is 1.67. The highest BCUT2D eigenvalue weighted by Gasteiger charge is 2.03. The van der Waals surface area contributed by atoms with E-state index < -0.39 is 0 Å². The summed E-state index contributed by atoms with van der Waals surface area (Å²) >= 11 is 0. The van der Waals surface area contributed by atoms with Crippen LogP contribution in [0, 0.1) is 0 Å². The average Bonchev–Trinajstić information content (AvgIpc) is 3.07. The van der Waals surface area contributed by atoms with Crippen LogP contribution in [0.4, 0.5) is 5.82 Å². The summed E-state index contributed by atoms with van der Waals surface area (Å²) in [5.41, 5.74) is 0.940. The lowest BCUT2D eigenvalue weighted by Gasteiger charge is -2.13. The monoisotopic (exact) mass is 472 g/mol. The highest BCUT2D eigenvalue weighted by atomic mass is 127. The number of guanidine groups is 1. The Balaban J connectivity index is 0.00000338. The van der Waals surface area contributed by atoms with Gasteiger partial charge in [-0.2, -0.15) is 0 Å². The first-order valence-corrected chi connectivity index (χ1v) is 8.66. The zero-order valence-electron chi connectivity index (χ0n) is 15.9. The minimum absolute atomic E-state index is 0. The third-order valence-electron chi connectivity index (χ3n) is 3.65. The van der Waals surface area contributed by atoms with Gasteiger partial charge in [0, 0.05) is 40.2 Å². The maximum Gasteiger partial charge on any atom is 0.191 e. The third-order valence-corrected chi connectivity index (χ3v) is 3.65. The molecule has 0 saturated heterocycles. The van der Waals surface area contributed by atoms with E-state index in [1.165, 1.54) is 0 Å². The first-order chi connectivity index (χ1) is 12.1. The van der Waals surface area contributed by atoms with Crippen molar-refractivity contribution in [2.45, 2.75) is 33.4 Å². The molecule has 0 saturated carbocycles. The van der Waals surface area contributed by atoms with Crippen molar-refractivity contribution in [1.29, 1.82) is 0 Å². The fourth-order valence-electron chi connectivity index (χ4n) is 2.34. The molecule has 0 bridgehead atoms. The van der Waals surface area contributed by atoms with E-state index in [-0.39, 0.29) is 24.0 Å². The highest BCUT2D eigenvalue weighted by molar-refractivity contribution is 14.0. The maximum absolute atomic E-state index is 4.62. The zero-order valence-corrected chi connectivity index (χ0v) is 18.3. The van der Waals surface area contributed by atoms with Crippen LogP contribution in [0.2, 0.25) is 0 Å². The molecule has 2 aromatic rings. The number of anilines is 1. The SMILES string of the molecule is CCNC(=NCc1cccc(N(C)C)n1)NCCn1cnnc1CC.I. The Bertz CT molecular complexity index is 683. The molecule has 0 radical (unpaired) electrons. The van der Waals surface area contributed by atoms with Crippen molar-refractivity contribution in [3.05, 3.63) is 36.0 Å². The molecule has 0 aromatic carbocycles. The number of pyridine rings is 1. The van der Waals surface area contributed by atoms with Gasteiger partial charge in [0.1, 0.15) is 18.0 Å². The van der Waals surface area contributed by atoms with Gasteiger partial charge in [0.2, 0.25) is 0 Å². The van der Waals surface area contributed by atoms with Gasteiger partial charge in [-0.3, -0.25) is 0 Å². The average molecular weight is 472 g/mol. The fourth-order valence-corrected chi connectivity index (χ4v) is 2.34. The molecule has 0 spiro atoms. The molecule has 144 valence electrons. The molecule has 2 heterocycles. The Morgan fingerprint density at radius 2 is 2.04 bits per heavy atom. The summed E-state index contributed by atoms with van der Waals surface area (Å²) in [6.45, 7) is 7.02. The Kier molecular flexibility index (Phi) is 9.92. The molecule has 0 aliphatic carbocycles. The third kappa shape index (κ3) is 6.77. The molecule has 0 fully saturated rings. The first kappa shape index (κ1) is 22.1. The lowest BCUT2D eigenvalue weighted by atomic mass is 10.3. The smallest absolute Gasteiger partial charge is 0.191 e. The van der Waals surface area contributed by atoms with Gasteiger partial charge in [0.25, 0.3) is 0 Å². The van der Waals surface area contributed by atoms with E-state index >= 15 is 0 Å². The van der Waals surface area contributed by atoms with Crippen molar-refractivity contribution in [3.63, 3.8) is 0 Å². The van der Waals surface area contributed by atoms with E-state index in [0.717, 1.165) is 49.4 Å². The molecule has 2 rings (SSSR count). The molecule has 0 atom stereocenters. The number of hydrogen-bond donors (Lipinski definition) is 2. The van der Waals surface area contributed by atoms with Gasteiger partial charge in [-0.1, -0.05) is 13.0 Å². The molecule has 0 aliphatic heterocycles. The number of halogens is 1. The van der Waals surface area contributed by atoms with Crippen LogP contribution in [-0.2, 0) is 19.5 Å². The van der Waals surface area contributed by atoms with Crippen LogP contribution in [0.25, 0.3) is 0 Å². The standard InChI is InChI=1S/C17H28N8.HI/c1-5-15-23-21-13-25(15)11-10-19-17(18-6-2)20-12-14-8-7-9-16(22-14)24(3)4;/h7-9,13H,5-6,10-12H2,1-4H3,(H2,18,19,20);1H. The Labute approximate surface area is 172 Å². The summed E-state index contributed by atoms with van der Waals surface area (Å²) in [6, 6.07) is 5.98. The number of nitrogens with zero attached hydrogens (tertiary/aromatic N) is 6. The number of aromatic nitrogens is 4. The van der Waals surface area contributed by atoms with Gasteiger partial charge in [0.15, 0.2) is 5.96 Å². The molecular formula is C17H29IN8. The van der Waals surface area contributed by atoms with Crippen LogP contribution in [-0.4, -0.2) is 52.9 Å². The van der Waals surface area contributed by atoms with Crippen molar-refractivity contribution in [1.82, 2.24) is 30.4 Å². The quantitative estimate of drug-likeness (QED) is 0.346. The second-order valence-electron chi connectivity index (χ2n) is 5.80. The van der Waals surface area contributed by atoms with Crippen molar-refractivity contribution >= 4 is 35.8 Å². The summed E-state index contributed by atoms with van der Waals surface area (Å²) in [7, 11) is 3.97. The molecule has 0 amide bonds. The van der Waals surface area contributed by atoms with Crippen molar-refractivity contribution in [3.8, 4) is 0 Å². The summed E-state index contributed by atoms with van der Waals surface area (Å²) in [5.74, 6) is 2.71. The van der Waals surface area contributed by atoms with Crippen molar-refractivity contribution in [2.24, 2.45) is 4.99 Å². The molecule has 26 heavy (non-hydrogen) atoms. The Morgan fingerprint density at radius 3 is 2.73 bits per heavy atom. The van der Waals surface area contributed by atoms with Crippen LogP contribution < -0.4 is 15.5 Å². The van der Waals surface area contributed by atoms with Gasteiger partial charge in [-0.25, -0.2) is 9.98 Å². The normalized spacial score (nSPS) is 11.0. The van der Waals surface area contributed by atoms with Crippen LogP contribution in [0.3, 0.4) is 0 Å². The summed E-state index contributed by atoms with van der Waals surface area (Å²) in [6.07, 6.45) is 2.64. The van der Waals surface area contributed by atoms with Crippen molar-refractivity contribution < 1.29 is 0 Å². The van der Waals surface area contributed by atoms with Crippen LogP contribution >= 0.6 is 24.0 Å². The van der Waals surface area contributed by atoms with E-state index in [2.05, 4.69) is 49.2 Å². The molecule has 9 heteroatoms. The van der Waals surface area contributed by atoms with Gasteiger partial charge in [-0.15, -0.1) is 34.2 Å². The van der Waals surface area contributed by atoms with Crippen LogP contribution in [0.15, 0.2) is 29.5 Å². The zero-order chi connectivity index (χ0) is 18.1. The number of nitrogens with one attached hydrogen (secondary N) is 2. The van der Waals surface area contributed by atoms with Gasteiger partial charge < -0.3 is 20.1 Å². The van der Waals surface area contributed by atoms with Crippen LogP contribution in [0.1, 0.15) is 25.4 Å². The maximum atomic E-state index is 4.62. The first-order valence-electron chi connectivity index (χ1n) is 8.66. The van der Waals surface area contributed by atoms with Gasteiger partial charge in [0.05, 0.1) is 12.2 Å². The molecule has 0 unspecified atom stereocenters. The van der Waals surface area contributed by atoms with E-state index in [0.29, 0.717) is 6.54 Å². The predicted molar refractivity (Wildman–Crippen MR) is 116 cm³/mol. The van der Waals surface area contributed by atoms with E-state index in [1.54, 1.807) is 6.33 Å². The second-order valence-corrected chi connectivity index (χ2v) is 5.80. The van der Waals surface area contributed by atoms with E-state index in [1.807, 2.05) is 37.2 Å². The van der Waals surface area contributed by atoms with Crippen LogP contribution in [0.5, 0.6) is 0 Å². The molecule has 0 aliphatic rings. The number of aliphatic imine (C=N–C) groups is 1. The minimum atomic E-state index is 0.